The molecule has 3 rings (SSSR count). The molecule has 2 atom stereocenters. The van der Waals surface area contributed by atoms with Gasteiger partial charge < -0.3 is 9.64 Å². The van der Waals surface area contributed by atoms with E-state index in [0.717, 1.165) is 56.0 Å². The monoisotopic (exact) mass is 342 g/mol. The van der Waals surface area contributed by atoms with Crippen molar-refractivity contribution < 1.29 is 9.53 Å². The molecular weight excluding hydrogens is 312 g/mol. The molecule has 4 heteroatoms. The van der Waals surface area contributed by atoms with E-state index >= 15 is 0 Å². The zero-order valence-corrected chi connectivity index (χ0v) is 16.1. The van der Waals surface area contributed by atoms with Crippen molar-refractivity contribution in [1.29, 1.82) is 0 Å². The van der Waals surface area contributed by atoms with Crippen LogP contribution >= 0.6 is 0 Å². The molecular formula is C21H30N2O2. The number of aldehydes is 1. The van der Waals surface area contributed by atoms with Crippen LogP contribution in [0.3, 0.4) is 0 Å². The van der Waals surface area contributed by atoms with Gasteiger partial charge in [-0.05, 0) is 45.4 Å². The Morgan fingerprint density at radius 3 is 2.64 bits per heavy atom. The standard InChI is InChI=1S/C21H30N2O2/c1-6-15(2)21(5)12-19-11-18(13-24)16(3)20(23(19)14-21)17(4)22-7-9-25-10-8-22/h6,11-13,17H,7-10,14H2,1-5H3/b15-6+. The van der Waals surface area contributed by atoms with Gasteiger partial charge in [0.05, 0.1) is 13.2 Å². The minimum atomic E-state index is 0.00910. The third-order valence-corrected chi connectivity index (χ3v) is 6.13. The first-order chi connectivity index (χ1) is 11.9. The minimum absolute atomic E-state index is 0.00910. The van der Waals surface area contributed by atoms with Crippen LogP contribution in [0.1, 0.15) is 34.6 Å². The highest BCUT2D eigenvalue weighted by molar-refractivity contribution is 5.82. The summed E-state index contributed by atoms with van der Waals surface area (Å²) in [6.45, 7) is 15.3. The van der Waals surface area contributed by atoms with Crippen molar-refractivity contribution in [2.75, 3.05) is 32.8 Å². The van der Waals surface area contributed by atoms with Crippen molar-refractivity contribution in [2.45, 2.75) is 40.7 Å². The van der Waals surface area contributed by atoms with Crippen LogP contribution in [-0.2, 0) is 9.53 Å². The van der Waals surface area contributed by atoms with Crippen molar-refractivity contribution in [3.8, 4) is 0 Å². The van der Waals surface area contributed by atoms with E-state index in [2.05, 4.69) is 56.6 Å². The number of fused-ring (bicyclic) bond motifs is 1. The SMILES string of the molecule is C/C=C(\C)C1(C)C=C2C=C(C=O)C(C)=C(C(C)N3CCOCC3)N2C1. The highest BCUT2D eigenvalue weighted by Gasteiger charge is 2.40. The van der Waals surface area contributed by atoms with E-state index in [0.29, 0.717) is 0 Å². The Morgan fingerprint density at radius 2 is 2.04 bits per heavy atom. The van der Waals surface area contributed by atoms with Gasteiger partial charge in [-0.25, -0.2) is 0 Å². The van der Waals surface area contributed by atoms with Gasteiger partial charge in [0, 0.05) is 48.1 Å². The fourth-order valence-corrected chi connectivity index (χ4v) is 4.20. The average molecular weight is 342 g/mol. The zero-order chi connectivity index (χ0) is 18.2. The van der Waals surface area contributed by atoms with Crippen molar-refractivity contribution in [3.05, 3.63) is 46.3 Å². The molecule has 0 N–H and O–H groups in total. The predicted molar refractivity (Wildman–Crippen MR) is 101 cm³/mol. The van der Waals surface area contributed by atoms with Crippen LogP contribution in [0, 0.1) is 5.41 Å². The summed E-state index contributed by atoms with van der Waals surface area (Å²) >= 11 is 0. The maximum Gasteiger partial charge on any atom is 0.150 e. The molecule has 1 saturated heterocycles. The lowest BCUT2D eigenvalue weighted by atomic mass is 9.84. The number of hydrogen-bond donors (Lipinski definition) is 0. The Bertz CT molecular complexity index is 680. The molecule has 0 bridgehead atoms. The van der Waals surface area contributed by atoms with Gasteiger partial charge in [0.1, 0.15) is 6.29 Å². The smallest absolute Gasteiger partial charge is 0.150 e. The van der Waals surface area contributed by atoms with E-state index in [1.165, 1.54) is 11.3 Å². The quantitative estimate of drug-likeness (QED) is 0.580. The maximum atomic E-state index is 11.7. The van der Waals surface area contributed by atoms with Gasteiger partial charge in [0.15, 0.2) is 0 Å². The first kappa shape index (κ1) is 18.2. The van der Waals surface area contributed by atoms with Crippen LogP contribution in [-0.4, -0.2) is 55.0 Å². The third kappa shape index (κ3) is 3.13. The summed E-state index contributed by atoms with van der Waals surface area (Å²) in [5.74, 6) is 0. The van der Waals surface area contributed by atoms with Crippen molar-refractivity contribution in [2.24, 2.45) is 5.41 Å². The first-order valence-corrected chi connectivity index (χ1v) is 9.25. The third-order valence-electron chi connectivity index (χ3n) is 6.13. The molecule has 1 fully saturated rings. The molecule has 3 heterocycles. The van der Waals surface area contributed by atoms with Crippen LogP contribution in [0.25, 0.3) is 0 Å². The maximum absolute atomic E-state index is 11.7. The minimum Gasteiger partial charge on any atom is -0.379 e. The number of ether oxygens (including phenoxy) is 1. The molecule has 0 aromatic heterocycles. The zero-order valence-electron chi connectivity index (χ0n) is 16.1. The Labute approximate surface area is 151 Å². The molecule has 0 spiro atoms. The number of carbonyl (C=O) groups is 1. The van der Waals surface area contributed by atoms with Crippen LogP contribution in [0.2, 0.25) is 0 Å². The number of nitrogens with zero attached hydrogens (tertiary/aromatic N) is 2. The second kappa shape index (κ2) is 6.93. The van der Waals surface area contributed by atoms with E-state index < -0.39 is 0 Å². The molecule has 136 valence electrons. The Kier molecular flexibility index (Phi) is 5.03. The molecule has 3 aliphatic rings. The molecule has 0 aromatic carbocycles. The van der Waals surface area contributed by atoms with Crippen LogP contribution in [0.4, 0.5) is 0 Å². The normalized spacial score (nSPS) is 29.3. The summed E-state index contributed by atoms with van der Waals surface area (Å²) in [6.07, 6.45) is 7.57. The van der Waals surface area contributed by atoms with Gasteiger partial charge in [0.2, 0.25) is 0 Å². The van der Waals surface area contributed by atoms with Gasteiger partial charge in [0.25, 0.3) is 0 Å². The lowest BCUT2D eigenvalue weighted by Crippen LogP contribution is -2.47. The van der Waals surface area contributed by atoms with Gasteiger partial charge in [-0.15, -0.1) is 0 Å². The number of carbonyl (C=O) groups excluding carboxylic acids is 1. The van der Waals surface area contributed by atoms with Gasteiger partial charge in [-0.2, -0.15) is 0 Å². The summed E-state index contributed by atoms with van der Waals surface area (Å²) in [7, 11) is 0. The summed E-state index contributed by atoms with van der Waals surface area (Å²) in [5.41, 5.74) is 5.71. The molecule has 0 radical (unpaired) electrons. The lowest BCUT2D eigenvalue weighted by molar-refractivity contribution is -0.104. The number of morpholine rings is 1. The Hall–Kier alpha value is -1.65. The van der Waals surface area contributed by atoms with Crippen LogP contribution in [0.5, 0.6) is 0 Å². The summed E-state index contributed by atoms with van der Waals surface area (Å²) in [6, 6.07) is 0.268. The Morgan fingerprint density at radius 1 is 1.36 bits per heavy atom. The number of rotatable bonds is 4. The molecule has 0 saturated carbocycles. The Balaban J connectivity index is 2.00. The van der Waals surface area contributed by atoms with Crippen LogP contribution in [0.15, 0.2) is 46.3 Å². The summed E-state index contributed by atoms with van der Waals surface area (Å²) in [5, 5.41) is 0. The highest BCUT2D eigenvalue weighted by Crippen LogP contribution is 2.44. The van der Waals surface area contributed by atoms with Gasteiger partial charge >= 0.3 is 0 Å². The van der Waals surface area contributed by atoms with E-state index in [9.17, 15) is 4.79 Å². The van der Waals surface area contributed by atoms with E-state index in [1.54, 1.807) is 0 Å². The fraction of sp³-hybridized carbons (Fsp3) is 0.571. The van der Waals surface area contributed by atoms with Crippen LogP contribution < -0.4 is 0 Å². The summed E-state index contributed by atoms with van der Waals surface area (Å²) in [4.78, 5) is 16.6. The molecule has 0 aromatic rings. The molecule has 0 amide bonds. The molecule has 3 aliphatic heterocycles. The van der Waals surface area contributed by atoms with Crippen molar-refractivity contribution in [1.82, 2.24) is 9.80 Å². The van der Waals surface area contributed by atoms with Crippen molar-refractivity contribution >= 4 is 6.29 Å². The topological polar surface area (TPSA) is 32.8 Å². The van der Waals surface area contributed by atoms with Crippen molar-refractivity contribution in [3.63, 3.8) is 0 Å². The fourth-order valence-electron chi connectivity index (χ4n) is 4.20. The van der Waals surface area contributed by atoms with E-state index in [4.69, 9.17) is 4.74 Å². The molecule has 2 unspecified atom stereocenters. The lowest BCUT2D eigenvalue weighted by Gasteiger charge is -2.41. The predicted octanol–water partition coefficient (Wildman–Crippen LogP) is 3.29. The van der Waals surface area contributed by atoms with Gasteiger partial charge in [-0.1, -0.05) is 18.6 Å². The van der Waals surface area contributed by atoms with E-state index in [1.807, 2.05) is 6.08 Å². The molecule has 0 aliphatic carbocycles. The molecule has 4 nitrogen and oxygen atoms in total. The first-order valence-electron chi connectivity index (χ1n) is 9.25. The highest BCUT2D eigenvalue weighted by atomic mass is 16.5. The number of hydrogen-bond acceptors (Lipinski definition) is 4. The van der Waals surface area contributed by atoms with Gasteiger partial charge in [-0.3, -0.25) is 9.69 Å². The second-order valence-corrected chi connectivity index (χ2v) is 7.60. The number of allylic oxidation sites excluding steroid dienone is 4. The largest absolute Gasteiger partial charge is 0.379 e. The average Bonchev–Trinajstić information content (AvgIpc) is 2.97. The second-order valence-electron chi connectivity index (χ2n) is 7.60. The van der Waals surface area contributed by atoms with E-state index in [-0.39, 0.29) is 11.5 Å². The molecule has 25 heavy (non-hydrogen) atoms. The summed E-state index contributed by atoms with van der Waals surface area (Å²) < 4.78 is 5.51.